The molecule has 1 fully saturated rings. The molecule has 1 unspecified atom stereocenters. The second-order valence-corrected chi connectivity index (χ2v) is 6.89. The first-order valence-electron chi connectivity index (χ1n) is 9.43. The van der Waals surface area contributed by atoms with Crippen molar-refractivity contribution < 1.29 is 4.74 Å². The molecule has 1 aromatic carbocycles. The second-order valence-electron chi connectivity index (χ2n) is 6.89. The number of nitrogens with one attached hydrogen (secondary N) is 1. The van der Waals surface area contributed by atoms with Crippen molar-refractivity contribution in [3.63, 3.8) is 0 Å². The number of guanidine groups is 1. The monoisotopic (exact) mass is 367 g/mol. The van der Waals surface area contributed by atoms with Crippen LogP contribution in [0, 0.1) is 0 Å². The highest BCUT2D eigenvalue weighted by Gasteiger charge is 2.18. The first kappa shape index (κ1) is 19.2. The molecule has 144 valence electrons. The van der Waals surface area contributed by atoms with Gasteiger partial charge in [0.2, 0.25) is 0 Å². The average molecular weight is 367 g/mol. The summed E-state index contributed by atoms with van der Waals surface area (Å²) in [6.45, 7) is 6.14. The van der Waals surface area contributed by atoms with Crippen LogP contribution in [0.3, 0.4) is 0 Å². The zero-order chi connectivity index (χ0) is 19.1. The molecule has 6 nitrogen and oxygen atoms in total. The lowest BCUT2D eigenvalue weighted by Crippen LogP contribution is -2.41. The molecule has 0 radical (unpaired) electrons. The zero-order valence-corrected chi connectivity index (χ0v) is 16.4. The smallest absolute Gasteiger partial charge is 0.193 e. The largest absolute Gasteiger partial charge is 0.375 e. The highest BCUT2D eigenvalue weighted by molar-refractivity contribution is 5.79. The van der Waals surface area contributed by atoms with Gasteiger partial charge in [-0.2, -0.15) is 0 Å². The fourth-order valence-electron chi connectivity index (χ4n) is 3.27. The first-order chi connectivity index (χ1) is 13.2. The summed E-state index contributed by atoms with van der Waals surface area (Å²) < 4.78 is 5.63. The molecule has 1 aromatic heterocycles. The SMILES string of the molecule is CN=C(NCc1ccnc(N2CCOC(C)C2)c1)N(C)Cc1ccccc1. The van der Waals surface area contributed by atoms with Crippen LogP contribution in [0.2, 0.25) is 0 Å². The normalized spacial score (nSPS) is 17.7. The number of hydrogen-bond acceptors (Lipinski definition) is 4. The van der Waals surface area contributed by atoms with Crippen molar-refractivity contribution in [1.82, 2.24) is 15.2 Å². The lowest BCUT2D eigenvalue weighted by Gasteiger charge is -2.32. The van der Waals surface area contributed by atoms with Crippen LogP contribution in [0.5, 0.6) is 0 Å². The Bertz CT molecular complexity index is 749. The van der Waals surface area contributed by atoms with Crippen molar-refractivity contribution in [3.8, 4) is 0 Å². The maximum atomic E-state index is 5.63. The minimum absolute atomic E-state index is 0.243. The van der Waals surface area contributed by atoms with Gasteiger partial charge in [-0.1, -0.05) is 30.3 Å². The van der Waals surface area contributed by atoms with Crippen LogP contribution in [0.15, 0.2) is 53.7 Å². The summed E-state index contributed by atoms with van der Waals surface area (Å²) in [6.07, 6.45) is 2.12. The molecule has 0 spiro atoms. The molecule has 0 saturated carbocycles. The van der Waals surface area contributed by atoms with Crippen molar-refractivity contribution in [2.45, 2.75) is 26.1 Å². The topological polar surface area (TPSA) is 53.0 Å². The van der Waals surface area contributed by atoms with Crippen molar-refractivity contribution >= 4 is 11.8 Å². The average Bonchev–Trinajstić information content (AvgIpc) is 2.69. The molecule has 1 atom stereocenters. The van der Waals surface area contributed by atoms with Gasteiger partial charge in [-0.3, -0.25) is 4.99 Å². The minimum atomic E-state index is 0.243. The molecule has 1 N–H and O–H groups in total. The standard InChI is InChI=1S/C21H29N5O/c1-17-15-26(11-12-27-17)20-13-19(9-10-23-20)14-24-21(22-2)25(3)16-18-7-5-4-6-8-18/h4-10,13,17H,11-12,14-16H2,1-3H3,(H,22,24). The Balaban J connectivity index is 1.59. The van der Waals surface area contributed by atoms with E-state index in [1.54, 1.807) is 0 Å². The van der Waals surface area contributed by atoms with E-state index < -0.39 is 0 Å². The number of pyridine rings is 1. The first-order valence-corrected chi connectivity index (χ1v) is 9.43. The van der Waals surface area contributed by atoms with Crippen LogP contribution in [0.4, 0.5) is 5.82 Å². The van der Waals surface area contributed by atoms with Gasteiger partial charge in [0.05, 0.1) is 12.7 Å². The summed E-state index contributed by atoms with van der Waals surface area (Å²) in [5, 5.41) is 3.45. The van der Waals surface area contributed by atoms with E-state index in [4.69, 9.17) is 4.74 Å². The van der Waals surface area contributed by atoms with Gasteiger partial charge in [-0.05, 0) is 30.2 Å². The fraction of sp³-hybridized carbons (Fsp3) is 0.429. The summed E-state index contributed by atoms with van der Waals surface area (Å²) in [5.41, 5.74) is 2.45. The Morgan fingerprint density at radius 3 is 2.85 bits per heavy atom. The number of hydrogen-bond donors (Lipinski definition) is 1. The highest BCUT2D eigenvalue weighted by atomic mass is 16.5. The summed E-state index contributed by atoms with van der Waals surface area (Å²) in [6, 6.07) is 14.6. The van der Waals surface area contributed by atoms with Gasteiger partial charge in [0.15, 0.2) is 5.96 Å². The zero-order valence-electron chi connectivity index (χ0n) is 16.4. The van der Waals surface area contributed by atoms with Crippen LogP contribution in [0.25, 0.3) is 0 Å². The van der Waals surface area contributed by atoms with Crippen molar-refractivity contribution in [2.24, 2.45) is 4.99 Å². The third-order valence-corrected chi connectivity index (χ3v) is 4.66. The molecule has 1 aliphatic rings. The lowest BCUT2D eigenvalue weighted by atomic mass is 10.2. The van der Waals surface area contributed by atoms with Gasteiger partial charge in [0.25, 0.3) is 0 Å². The van der Waals surface area contributed by atoms with E-state index in [-0.39, 0.29) is 6.10 Å². The predicted molar refractivity (Wildman–Crippen MR) is 110 cm³/mol. The van der Waals surface area contributed by atoms with Crippen molar-refractivity contribution in [2.75, 3.05) is 38.7 Å². The van der Waals surface area contributed by atoms with Gasteiger partial charge >= 0.3 is 0 Å². The number of aliphatic imine (C=N–C) groups is 1. The summed E-state index contributed by atoms with van der Waals surface area (Å²) in [4.78, 5) is 13.4. The Hall–Kier alpha value is -2.60. The molecule has 2 heterocycles. The van der Waals surface area contributed by atoms with Gasteiger partial charge in [-0.25, -0.2) is 4.98 Å². The molecule has 3 rings (SSSR count). The quantitative estimate of drug-likeness (QED) is 0.650. The summed E-state index contributed by atoms with van der Waals surface area (Å²) in [5.74, 6) is 1.88. The molecule has 1 saturated heterocycles. The van der Waals surface area contributed by atoms with Crippen LogP contribution >= 0.6 is 0 Å². The molecule has 0 aliphatic carbocycles. The van der Waals surface area contributed by atoms with Crippen LogP contribution < -0.4 is 10.2 Å². The number of aromatic nitrogens is 1. The number of ether oxygens (including phenoxy) is 1. The molecular formula is C21H29N5O. The Labute approximate surface area is 161 Å². The highest BCUT2D eigenvalue weighted by Crippen LogP contribution is 2.16. The number of anilines is 1. The van der Waals surface area contributed by atoms with E-state index in [0.717, 1.165) is 38.0 Å². The van der Waals surface area contributed by atoms with E-state index in [1.807, 2.05) is 25.4 Å². The molecule has 6 heteroatoms. The Morgan fingerprint density at radius 1 is 1.30 bits per heavy atom. The number of nitrogens with zero attached hydrogens (tertiary/aromatic N) is 4. The fourth-order valence-corrected chi connectivity index (χ4v) is 3.27. The van der Waals surface area contributed by atoms with E-state index in [2.05, 4.69) is 69.4 Å². The van der Waals surface area contributed by atoms with Crippen molar-refractivity contribution in [3.05, 3.63) is 59.8 Å². The maximum Gasteiger partial charge on any atom is 0.193 e. The molecule has 27 heavy (non-hydrogen) atoms. The third-order valence-electron chi connectivity index (χ3n) is 4.66. The maximum absolute atomic E-state index is 5.63. The molecule has 1 aliphatic heterocycles. The van der Waals surface area contributed by atoms with Gasteiger partial charge in [0.1, 0.15) is 5.82 Å². The molecule has 0 amide bonds. The number of benzene rings is 1. The van der Waals surface area contributed by atoms with Crippen LogP contribution in [-0.4, -0.2) is 55.7 Å². The lowest BCUT2D eigenvalue weighted by molar-refractivity contribution is 0.0529. The predicted octanol–water partition coefficient (Wildman–Crippen LogP) is 2.51. The van der Waals surface area contributed by atoms with Gasteiger partial charge in [-0.15, -0.1) is 0 Å². The Kier molecular flexibility index (Phi) is 6.65. The minimum Gasteiger partial charge on any atom is -0.375 e. The summed E-state index contributed by atoms with van der Waals surface area (Å²) >= 11 is 0. The number of rotatable bonds is 5. The number of morpholine rings is 1. The van der Waals surface area contributed by atoms with E-state index >= 15 is 0 Å². The molecule has 2 aromatic rings. The van der Waals surface area contributed by atoms with Gasteiger partial charge < -0.3 is 19.9 Å². The molecule has 0 bridgehead atoms. The van der Waals surface area contributed by atoms with E-state index in [1.165, 1.54) is 11.1 Å². The molecular weight excluding hydrogens is 338 g/mol. The third kappa shape index (κ3) is 5.44. The van der Waals surface area contributed by atoms with Crippen molar-refractivity contribution in [1.29, 1.82) is 0 Å². The Morgan fingerprint density at radius 2 is 2.11 bits per heavy atom. The summed E-state index contributed by atoms with van der Waals surface area (Å²) in [7, 11) is 3.87. The van der Waals surface area contributed by atoms with E-state index in [0.29, 0.717) is 6.54 Å². The van der Waals surface area contributed by atoms with E-state index in [9.17, 15) is 0 Å². The van der Waals surface area contributed by atoms with Crippen LogP contribution in [-0.2, 0) is 17.8 Å². The van der Waals surface area contributed by atoms with Crippen LogP contribution in [0.1, 0.15) is 18.1 Å². The second kappa shape index (κ2) is 9.37. The van der Waals surface area contributed by atoms with Gasteiger partial charge in [0, 0.05) is 46.5 Å².